The maximum Gasteiger partial charge on any atom is 0.269 e. The average Bonchev–Trinajstić information content (AvgIpc) is 2.98. The number of halogens is 1. The lowest BCUT2D eigenvalue weighted by Crippen LogP contribution is -2.47. The van der Waals surface area contributed by atoms with Crippen LogP contribution in [0.1, 0.15) is 16.1 Å². The molecule has 24 heavy (non-hydrogen) atoms. The van der Waals surface area contributed by atoms with Crippen molar-refractivity contribution in [2.24, 2.45) is 0 Å². The quantitative estimate of drug-likeness (QED) is 0.702. The van der Waals surface area contributed by atoms with Crippen LogP contribution in [-0.4, -0.2) is 27.8 Å². The van der Waals surface area contributed by atoms with Crippen molar-refractivity contribution < 1.29 is 9.59 Å². The summed E-state index contributed by atoms with van der Waals surface area (Å²) in [6.07, 6.45) is 1.99. The zero-order chi connectivity index (χ0) is 16.7. The molecule has 119 valence electrons. The van der Waals surface area contributed by atoms with E-state index < -0.39 is 6.04 Å². The van der Waals surface area contributed by atoms with Crippen molar-refractivity contribution in [3.63, 3.8) is 0 Å². The first kappa shape index (κ1) is 14.7. The summed E-state index contributed by atoms with van der Waals surface area (Å²) >= 11 is 5.85. The van der Waals surface area contributed by atoms with Gasteiger partial charge in [0.1, 0.15) is 16.9 Å². The molecule has 1 atom stereocenters. The number of amides is 2. The van der Waals surface area contributed by atoms with Crippen molar-refractivity contribution in [3.05, 3.63) is 59.0 Å². The molecule has 0 saturated carbocycles. The number of H-pyrrole nitrogens is 1. The SMILES string of the molecule is O=C(N[C@H]1Cc2ccccc2[N]C1=O)c1cc2cc(Cl)ncc2[nH]1. The standard InChI is InChI=1S/C17H12ClN4O2/c18-15-7-10-6-12(20-14(10)8-19-15)16(23)22-13-5-9-3-1-2-4-11(9)21-17(13)24/h1-4,6-8,13,20H,5H2,(H,22,23)/t13-/m0/s1. The molecule has 2 N–H and O–H groups in total. The van der Waals surface area contributed by atoms with Crippen molar-refractivity contribution in [1.29, 1.82) is 0 Å². The van der Waals surface area contributed by atoms with Crippen LogP contribution in [-0.2, 0) is 11.2 Å². The Labute approximate surface area is 142 Å². The number of nitrogens with one attached hydrogen (secondary N) is 2. The first-order valence-corrected chi connectivity index (χ1v) is 7.76. The molecule has 0 spiro atoms. The molecule has 2 amide bonds. The Morgan fingerprint density at radius 3 is 3.00 bits per heavy atom. The molecule has 0 aliphatic carbocycles. The van der Waals surface area contributed by atoms with Crippen LogP contribution in [0.15, 0.2) is 42.6 Å². The second-order valence-corrected chi connectivity index (χ2v) is 5.97. The smallest absolute Gasteiger partial charge is 0.269 e. The van der Waals surface area contributed by atoms with E-state index in [2.05, 4.69) is 20.6 Å². The Balaban J connectivity index is 1.56. The van der Waals surface area contributed by atoms with Gasteiger partial charge in [0.2, 0.25) is 0 Å². The van der Waals surface area contributed by atoms with Crippen molar-refractivity contribution >= 4 is 40.0 Å². The highest BCUT2D eigenvalue weighted by Crippen LogP contribution is 2.23. The molecule has 0 saturated heterocycles. The van der Waals surface area contributed by atoms with E-state index in [1.165, 1.54) is 0 Å². The number of carbonyl (C=O) groups is 2. The van der Waals surface area contributed by atoms with Crippen LogP contribution in [0.25, 0.3) is 10.9 Å². The molecule has 1 aromatic carbocycles. The van der Waals surface area contributed by atoms with Gasteiger partial charge in [0.25, 0.3) is 11.8 Å². The molecule has 3 heterocycles. The van der Waals surface area contributed by atoms with Gasteiger partial charge in [0.05, 0.1) is 17.4 Å². The Morgan fingerprint density at radius 1 is 1.29 bits per heavy atom. The van der Waals surface area contributed by atoms with Gasteiger partial charge in [-0.05, 0) is 23.8 Å². The number of nitrogens with zero attached hydrogens (tertiary/aromatic N) is 2. The second-order valence-electron chi connectivity index (χ2n) is 5.59. The number of carbonyl (C=O) groups excluding carboxylic acids is 2. The third kappa shape index (κ3) is 2.61. The lowest BCUT2D eigenvalue weighted by atomic mass is 9.99. The van der Waals surface area contributed by atoms with Crippen LogP contribution < -0.4 is 10.6 Å². The molecule has 0 unspecified atom stereocenters. The molecule has 4 rings (SSSR count). The van der Waals surface area contributed by atoms with E-state index in [-0.39, 0.29) is 11.8 Å². The van der Waals surface area contributed by atoms with E-state index in [0.29, 0.717) is 28.5 Å². The summed E-state index contributed by atoms with van der Waals surface area (Å²) in [6.45, 7) is 0. The Kier molecular flexibility index (Phi) is 3.46. The maximum atomic E-state index is 12.4. The molecule has 7 heteroatoms. The minimum absolute atomic E-state index is 0.345. The third-order valence-electron chi connectivity index (χ3n) is 3.97. The molecule has 1 aliphatic rings. The minimum atomic E-state index is -0.666. The van der Waals surface area contributed by atoms with Gasteiger partial charge in [-0.2, -0.15) is 0 Å². The van der Waals surface area contributed by atoms with E-state index in [1.54, 1.807) is 24.4 Å². The van der Waals surface area contributed by atoms with Crippen molar-refractivity contribution in [1.82, 2.24) is 20.6 Å². The molecule has 1 radical (unpaired) electrons. The van der Waals surface area contributed by atoms with Gasteiger partial charge >= 0.3 is 0 Å². The average molecular weight is 340 g/mol. The normalized spacial score (nSPS) is 16.5. The molecule has 6 nitrogen and oxygen atoms in total. The zero-order valence-electron chi connectivity index (χ0n) is 12.4. The molecule has 3 aromatic rings. The van der Waals surface area contributed by atoms with Crippen LogP contribution in [0.2, 0.25) is 5.15 Å². The number of aromatic amines is 1. The highest BCUT2D eigenvalue weighted by Gasteiger charge is 2.29. The molecular formula is C17H12ClN4O2. The first-order valence-electron chi connectivity index (χ1n) is 7.39. The minimum Gasteiger partial charge on any atom is -0.349 e. The summed E-state index contributed by atoms with van der Waals surface area (Å²) in [5, 5.41) is 7.91. The molecule has 1 aliphatic heterocycles. The highest BCUT2D eigenvalue weighted by molar-refractivity contribution is 6.30. The number of para-hydroxylation sites is 1. The maximum absolute atomic E-state index is 12.4. The van der Waals surface area contributed by atoms with E-state index in [9.17, 15) is 9.59 Å². The van der Waals surface area contributed by atoms with Crippen LogP contribution in [0.5, 0.6) is 0 Å². The fraction of sp³-hybridized carbons (Fsp3) is 0.118. The molecule has 0 bridgehead atoms. The van der Waals surface area contributed by atoms with Crippen LogP contribution in [0.3, 0.4) is 0 Å². The fourth-order valence-electron chi connectivity index (χ4n) is 2.77. The second kappa shape index (κ2) is 5.65. The number of aromatic nitrogens is 2. The van der Waals surface area contributed by atoms with Crippen molar-refractivity contribution in [3.8, 4) is 0 Å². The zero-order valence-corrected chi connectivity index (χ0v) is 13.2. The summed E-state index contributed by atoms with van der Waals surface area (Å²) in [6, 6.07) is 10.1. The van der Waals surface area contributed by atoms with E-state index in [1.807, 2.05) is 18.2 Å². The molecular weight excluding hydrogens is 328 g/mol. The summed E-state index contributed by atoms with van der Waals surface area (Å²) in [7, 11) is 0. The van der Waals surface area contributed by atoms with E-state index in [4.69, 9.17) is 11.6 Å². The fourth-order valence-corrected chi connectivity index (χ4v) is 2.94. The number of rotatable bonds is 2. The summed E-state index contributed by atoms with van der Waals surface area (Å²) in [5.41, 5.74) is 2.66. The number of hydrogen-bond donors (Lipinski definition) is 2. The van der Waals surface area contributed by atoms with Crippen molar-refractivity contribution in [2.75, 3.05) is 0 Å². The van der Waals surface area contributed by atoms with Gasteiger partial charge in [-0.3, -0.25) is 9.59 Å². The Morgan fingerprint density at radius 2 is 2.12 bits per heavy atom. The topological polar surface area (TPSA) is 88.9 Å². The van der Waals surface area contributed by atoms with Crippen LogP contribution >= 0.6 is 11.6 Å². The lowest BCUT2D eigenvalue weighted by Gasteiger charge is -2.23. The lowest BCUT2D eigenvalue weighted by molar-refractivity contribution is -0.122. The third-order valence-corrected chi connectivity index (χ3v) is 4.17. The van der Waals surface area contributed by atoms with Gasteiger partial charge in [0.15, 0.2) is 0 Å². The van der Waals surface area contributed by atoms with Crippen LogP contribution in [0.4, 0.5) is 5.69 Å². The Hall–Kier alpha value is -2.86. The van der Waals surface area contributed by atoms with Gasteiger partial charge in [0, 0.05) is 11.8 Å². The highest BCUT2D eigenvalue weighted by atomic mass is 35.5. The van der Waals surface area contributed by atoms with Gasteiger partial charge in [-0.1, -0.05) is 29.8 Å². The van der Waals surface area contributed by atoms with E-state index in [0.717, 1.165) is 10.9 Å². The van der Waals surface area contributed by atoms with Crippen molar-refractivity contribution in [2.45, 2.75) is 12.5 Å². The number of fused-ring (bicyclic) bond motifs is 2. The molecule has 2 aromatic heterocycles. The van der Waals surface area contributed by atoms with Crippen LogP contribution in [0, 0.1) is 0 Å². The largest absolute Gasteiger partial charge is 0.349 e. The first-order chi connectivity index (χ1) is 11.6. The number of hydrogen-bond acceptors (Lipinski definition) is 3. The van der Waals surface area contributed by atoms with Gasteiger partial charge < -0.3 is 10.3 Å². The van der Waals surface area contributed by atoms with E-state index >= 15 is 0 Å². The summed E-state index contributed by atoms with van der Waals surface area (Å²) in [5.74, 6) is -0.710. The van der Waals surface area contributed by atoms with Gasteiger partial charge in [-0.15, -0.1) is 0 Å². The predicted octanol–water partition coefficient (Wildman–Crippen LogP) is 2.33. The Bertz CT molecular complexity index is 966. The van der Waals surface area contributed by atoms with Gasteiger partial charge in [-0.25, -0.2) is 10.3 Å². The monoisotopic (exact) mass is 339 g/mol. The predicted molar refractivity (Wildman–Crippen MR) is 89.3 cm³/mol. The number of pyridine rings is 1. The number of benzene rings is 1. The summed E-state index contributed by atoms with van der Waals surface area (Å²) < 4.78 is 0. The molecule has 0 fully saturated rings. The summed E-state index contributed by atoms with van der Waals surface area (Å²) in [4.78, 5) is 31.5.